The molecule has 0 saturated heterocycles. The number of nitriles is 1. The summed E-state index contributed by atoms with van der Waals surface area (Å²) >= 11 is 0. The Kier molecular flexibility index (Phi) is 6.77. The van der Waals surface area contributed by atoms with Crippen molar-refractivity contribution in [3.63, 3.8) is 0 Å². The van der Waals surface area contributed by atoms with Gasteiger partial charge in [0.25, 0.3) is 0 Å². The third kappa shape index (κ3) is 4.33. The topological polar surface area (TPSA) is 49.8 Å². The van der Waals surface area contributed by atoms with E-state index in [0.29, 0.717) is 5.56 Å². The second-order valence-electron chi connectivity index (χ2n) is 3.49. The molecule has 15 heavy (non-hydrogen) atoms. The molecule has 1 atom stereocenters. The number of halogens is 1. The van der Waals surface area contributed by atoms with Gasteiger partial charge in [-0.2, -0.15) is 5.26 Å². The van der Waals surface area contributed by atoms with Crippen LogP contribution < -0.4 is 5.73 Å². The molecule has 1 aromatic carbocycles. The van der Waals surface area contributed by atoms with Crippen molar-refractivity contribution in [2.75, 3.05) is 0 Å². The second-order valence-corrected chi connectivity index (χ2v) is 3.49. The first-order valence-electron chi connectivity index (χ1n) is 5.03. The lowest BCUT2D eigenvalue weighted by Crippen LogP contribution is -2.09. The maximum Gasteiger partial charge on any atom is 0.0991 e. The Morgan fingerprint density at radius 3 is 2.80 bits per heavy atom. The summed E-state index contributed by atoms with van der Waals surface area (Å²) in [6.07, 6.45) is 3.29. The Labute approximate surface area is 97.5 Å². The van der Waals surface area contributed by atoms with E-state index in [-0.39, 0.29) is 18.4 Å². The van der Waals surface area contributed by atoms with Crippen molar-refractivity contribution in [1.29, 1.82) is 5.26 Å². The molecule has 0 aliphatic rings. The van der Waals surface area contributed by atoms with Gasteiger partial charge in [-0.1, -0.05) is 31.9 Å². The number of unbranched alkanes of at least 4 members (excludes halogenated alkanes) is 1. The predicted octanol–water partition coefficient (Wildman–Crippen LogP) is 3.17. The van der Waals surface area contributed by atoms with Crippen LogP contribution in [0.5, 0.6) is 0 Å². The maximum absolute atomic E-state index is 8.73. The maximum atomic E-state index is 8.73. The van der Waals surface area contributed by atoms with Crippen LogP contribution in [0.4, 0.5) is 0 Å². The Morgan fingerprint density at radius 2 is 2.20 bits per heavy atom. The van der Waals surface area contributed by atoms with Crippen LogP contribution in [0.2, 0.25) is 0 Å². The van der Waals surface area contributed by atoms with E-state index in [0.717, 1.165) is 24.8 Å². The third-order valence-electron chi connectivity index (χ3n) is 2.31. The van der Waals surface area contributed by atoms with E-state index in [1.807, 2.05) is 18.2 Å². The average molecular weight is 225 g/mol. The van der Waals surface area contributed by atoms with Gasteiger partial charge in [-0.15, -0.1) is 12.4 Å². The van der Waals surface area contributed by atoms with Gasteiger partial charge in [-0.05, 0) is 24.1 Å². The smallest absolute Gasteiger partial charge is 0.0991 e. The van der Waals surface area contributed by atoms with Crippen LogP contribution in [-0.2, 0) is 0 Å². The zero-order valence-corrected chi connectivity index (χ0v) is 9.76. The van der Waals surface area contributed by atoms with Gasteiger partial charge in [-0.3, -0.25) is 0 Å². The molecule has 0 unspecified atom stereocenters. The summed E-state index contributed by atoms with van der Waals surface area (Å²) in [6, 6.07) is 9.75. The molecule has 3 heteroatoms. The molecule has 2 N–H and O–H groups in total. The molecule has 1 rings (SSSR count). The van der Waals surface area contributed by atoms with Crippen LogP contribution in [0, 0.1) is 11.3 Å². The zero-order chi connectivity index (χ0) is 10.4. The normalized spacial score (nSPS) is 11.3. The fourth-order valence-corrected chi connectivity index (χ4v) is 1.43. The number of nitrogens with zero attached hydrogens (tertiary/aromatic N) is 1. The van der Waals surface area contributed by atoms with Crippen molar-refractivity contribution in [3.05, 3.63) is 35.4 Å². The summed E-state index contributed by atoms with van der Waals surface area (Å²) in [5.41, 5.74) is 7.75. The molecule has 0 heterocycles. The Hall–Kier alpha value is -1.04. The van der Waals surface area contributed by atoms with Gasteiger partial charge in [-0.25, -0.2) is 0 Å². The first kappa shape index (κ1) is 14.0. The van der Waals surface area contributed by atoms with Crippen LogP contribution in [-0.4, -0.2) is 0 Å². The van der Waals surface area contributed by atoms with E-state index >= 15 is 0 Å². The number of hydrogen-bond donors (Lipinski definition) is 1. The van der Waals surface area contributed by atoms with Crippen molar-refractivity contribution in [1.82, 2.24) is 0 Å². The van der Waals surface area contributed by atoms with E-state index < -0.39 is 0 Å². The van der Waals surface area contributed by atoms with Crippen LogP contribution in [0.15, 0.2) is 24.3 Å². The molecule has 0 aromatic heterocycles. The summed E-state index contributed by atoms with van der Waals surface area (Å²) in [4.78, 5) is 0. The van der Waals surface area contributed by atoms with Gasteiger partial charge in [0.15, 0.2) is 0 Å². The molecular formula is C12H17ClN2. The highest BCUT2D eigenvalue weighted by Gasteiger charge is 2.05. The van der Waals surface area contributed by atoms with E-state index in [9.17, 15) is 0 Å². The minimum atomic E-state index is 0. The molecule has 0 bridgehead atoms. The summed E-state index contributed by atoms with van der Waals surface area (Å²) in [7, 11) is 0. The number of rotatable bonds is 4. The zero-order valence-electron chi connectivity index (χ0n) is 8.94. The highest BCUT2D eigenvalue weighted by Crippen LogP contribution is 2.17. The molecule has 0 amide bonds. The monoisotopic (exact) mass is 224 g/mol. The van der Waals surface area contributed by atoms with Crippen molar-refractivity contribution >= 4 is 12.4 Å². The van der Waals surface area contributed by atoms with E-state index in [1.165, 1.54) is 0 Å². The Morgan fingerprint density at radius 1 is 1.47 bits per heavy atom. The largest absolute Gasteiger partial charge is 0.324 e. The first-order valence-corrected chi connectivity index (χ1v) is 5.03. The van der Waals surface area contributed by atoms with Gasteiger partial charge in [0.05, 0.1) is 11.6 Å². The molecular weight excluding hydrogens is 208 g/mol. The van der Waals surface area contributed by atoms with Crippen molar-refractivity contribution in [2.45, 2.75) is 32.2 Å². The van der Waals surface area contributed by atoms with Gasteiger partial charge in [0.2, 0.25) is 0 Å². The Bertz CT molecular complexity index is 331. The Balaban J connectivity index is 0.00000196. The number of benzene rings is 1. The SMILES string of the molecule is CCCC[C@H](N)c1cccc(C#N)c1.Cl. The molecule has 2 nitrogen and oxygen atoms in total. The number of hydrogen-bond acceptors (Lipinski definition) is 2. The fraction of sp³-hybridized carbons (Fsp3) is 0.417. The van der Waals surface area contributed by atoms with Crippen LogP contribution in [0.3, 0.4) is 0 Å². The third-order valence-corrected chi connectivity index (χ3v) is 2.31. The highest BCUT2D eigenvalue weighted by atomic mass is 35.5. The van der Waals surface area contributed by atoms with Crippen LogP contribution in [0.25, 0.3) is 0 Å². The minimum absolute atomic E-state index is 0. The van der Waals surface area contributed by atoms with Crippen molar-refractivity contribution in [3.8, 4) is 6.07 Å². The summed E-state index contributed by atoms with van der Waals surface area (Å²) < 4.78 is 0. The van der Waals surface area contributed by atoms with Crippen molar-refractivity contribution in [2.24, 2.45) is 5.73 Å². The molecule has 0 spiro atoms. The van der Waals surface area contributed by atoms with Crippen LogP contribution >= 0.6 is 12.4 Å². The quantitative estimate of drug-likeness (QED) is 0.854. The molecule has 0 aliphatic heterocycles. The lowest BCUT2D eigenvalue weighted by Gasteiger charge is -2.11. The molecule has 0 saturated carbocycles. The highest BCUT2D eigenvalue weighted by molar-refractivity contribution is 5.85. The minimum Gasteiger partial charge on any atom is -0.324 e. The second kappa shape index (κ2) is 7.28. The lowest BCUT2D eigenvalue weighted by molar-refractivity contribution is 0.603. The van der Waals surface area contributed by atoms with Crippen LogP contribution in [0.1, 0.15) is 43.4 Å². The van der Waals surface area contributed by atoms with Crippen molar-refractivity contribution < 1.29 is 0 Å². The van der Waals surface area contributed by atoms with E-state index in [2.05, 4.69) is 13.0 Å². The van der Waals surface area contributed by atoms with E-state index in [4.69, 9.17) is 11.0 Å². The lowest BCUT2D eigenvalue weighted by atomic mass is 10.0. The summed E-state index contributed by atoms with van der Waals surface area (Å²) in [5, 5.41) is 8.73. The molecule has 1 aromatic rings. The van der Waals surface area contributed by atoms with Gasteiger partial charge in [0.1, 0.15) is 0 Å². The average Bonchev–Trinajstić information content (AvgIpc) is 2.26. The first-order chi connectivity index (χ1) is 6.77. The van der Waals surface area contributed by atoms with Gasteiger partial charge >= 0.3 is 0 Å². The number of nitrogens with two attached hydrogens (primary N) is 1. The fourth-order valence-electron chi connectivity index (χ4n) is 1.43. The predicted molar refractivity (Wildman–Crippen MR) is 64.9 cm³/mol. The van der Waals surface area contributed by atoms with Gasteiger partial charge in [0, 0.05) is 6.04 Å². The standard InChI is InChI=1S/C12H16N2.ClH/c1-2-3-7-12(14)11-6-4-5-10(8-11)9-13;/h4-6,8,12H,2-3,7,14H2,1H3;1H/t12-;/m0./s1. The summed E-state index contributed by atoms with van der Waals surface area (Å²) in [6.45, 7) is 2.15. The molecule has 0 fully saturated rings. The van der Waals surface area contributed by atoms with E-state index in [1.54, 1.807) is 6.07 Å². The molecule has 82 valence electrons. The molecule has 0 aliphatic carbocycles. The molecule has 0 radical (unpaired) electrons. The van der Waals surface area contributed by atoms with Gasteiger partial charge < -0.3 is 5.73 Å². The summed E-state index contributed by atoms with van der Waals surface area (Å²) in [5.74, 6) is 0.